The molecule has 0 saturated heterocycles. The zero-order valence-electron chi connectivity index (χ0n) is 7.29. The molecule has 1 N–H and O–H groups in total. The number of aliphatic hydroxyl groups excluding tert-OH is 1. The Kier molecular flexibility index (Phi) is 11.0. The minimum atomic E-state index is -0.590. The zero-order valence-corrected chi connectivity index (χ0v) is 12.8. The molecule has 0 aliphatic carbocycles. The van der Waals surface area contributed by atoms with Crippen molar-refractivity contribution in [1.29, 1.82) is 0 Å². The summed E-state index contributed by atoms with van der Waals surface area (Å²) in [4.78, 5) is 11.8. The van der Waals surface area contributed by atoms with E-state index in [1.807, 2.05) is 18.7 Å². The monoisotopic (exact) mass is 355 g/mol. The van der Waals surface area contributed by atoms with Gasteiger partial charge in [0.1, 0.15) is 12.5 Å². The first-order valence-corrected chi connectivity index (χ1v) is 3.62. The Balaban J connectivity index is 0. The van der Waals surface area contributed by atoms with E-state index in [9.17, 15) is 9.90 Å². The van der Waals surface area contributed by atoms with Gasteiger partial charge in [0.05, 0.1) is 0 Å². The van der Waals surface area contributed by atoms with Crippen molar-refractivity contribution in [2.75, 3.05) is 13.1 Å². The third-order valence-electron chi connectivity index (χ3n) is 1.54. The van der Waals surface area contributed by atoms with E-state index in [4.69, 9.17) is 0 Å². The van der Waals surface area contributed by atoms with Gasteiger partial charge in [0, 0.05) is 6.42 Å². The molecule has 2 radical (unpaired) electrons. The van der Waals surface area contributed by atoms with Crippen molar-refractivity contribution in [2.45, 2.75) is 26.5 Å². The van der Waals surface area contributed by atoms with E-state index >= 15 is 0 Å². The third-order valence-corrected chi connectivity index (χ3v) is 1.54. The van der Waals surface area contributed by atoms with Gasteiger partial charge in [-0.2, -0.15) is 0 Å². The summed E-state index contributed by atoms with van der Waals surface area (Å²) in [6.45, 7) is 5.48. The van der Waals surface area contributed by atoms with Crippen molar-refractivity contribution in [1.82, 2.24) is 4.90 Å². The van der Waals surface area contributed by atoms with Crippen LogP contribution in [0.4, 0.5) is 0 Å². The van der Waals surface area contributed by atoms with Gasteiger partial charge in [-0.05, 0) is 13.1 Å². The van der Waals surface area contributed by atoms with Gasteiger partial charge >= 0.3 is 27.3 Å². The summed E-state index contributed by atoms with van der Waals surface area (Å²) in [6, 6.07) is 0. The van der Waals surface area contributed by atoms with E-state index in [0.29, 0.717) is 0 Å². The standard InChI is InChI=1S/C7H15NO2.Pb.2H/c1-3-8(4-2)7(10)5-6-9;;;/h6-7,10H,3-5H2,1-2H3;;;. The Morgan fingerprint density at radius 3 is 2.18 bits per heavy atom. The molecule has 66 valence electrons. The molecule has 0 aromatic rings. The van der Waals surface area contributed by atoms with Gasteiger partial charge in [0.2, 0.25) is 0 Å². The molecule has 1 atom stereocenters. The van der Waals surface area contributed by atoms with E-state index in [1.165, 1.54) is 0 Å². The second-order valence-electron chi connectivity index (χ2n) is 2.10. The summed E-state index contributed by atoms with van der Waals surface area (Å²) < 4.78 is 0. The van der Waals surface area contributed by atoms with Crippen LogP contribution in [0.15, 0.2) is 0 Å². The van der Waals surface area contributed by atoms with Crippen LogP contribution in [0.2, 0.25) is 0 Å². The van der Waals surface area contributed by atoms with Crippen LogP contribution in [0.5, 0.6) is 0 Å². The predicted octanol–water partition coefficient (Wildman–Crippen LogP) is -0.681. The van der Waals surface area contributed by atoms with Crippen LogP contribution < -0.4 is 0 Å². The predicted molar refractivity (Wildman–Crippen MR) is 48.2 cm³/mol. The summed E-state index contributed by atoms with van der Waals surface area (Å²) in [7, 11) is 0. The van der Waals surface area contributed by atoms with Crippen molar-refractivity contribution in [3.63, 3.8) is 0 Å². The van der Waals surface area contributed by atoms with Crippen LogP contribution in [0.1, 0.15) is 20.3 Å². The molecule has 0 aliphatic rings. The fourth-order valence-corrected chi connectivity index (χ4v) is 0.880. The summed E-state index contributed by atoms with van der Waals surface area (Å²) in [6.07, 6.45) is 0.359. The molecule has 1 unspecified atom stereocenters. The number of rotatable bonds is 5. The van der Waals surface area contributed by atoms with Gasteiger partial charge in [0.15, 0.2) is 0 Å². The van der Waals surface area contributed by atoms with Crippen molar-refractivity contribution in [2.24, 2.45) is 0 Å². The molecule has 0 bridgehead atoms. The van der Waals surface area contributed by atoms with Crippen molar-refractivity contribution in [3.8, 4) is 0 Å². The summed E-state index contributed by atoms with van der Waals surface area (Å²) >= 11 is 0. The zero-order chi connectivity index (χ0) is 7.98. The second-order valence-corrected chi connectivity index (χ2v) is 2.10. The van der Waals surface area contributed by atoms with Crippen LogP contribution >= 0.6 is 0 Å². The Morgan fingerprint density at radius 2 is 1.91 bits per heavy atom. The van der Waals surface area contributed by atoms with Crippen LogP contribution in [0, 0.1) is 0 Å². The Bertz CT molecular complexity index is 96.4. The molecule has 0 heterocycles. The van der Waals surface area contributed by atoms with Gasteiger partial charge < -0.3 is 9.90 Å². The molecule has 11 heavy (non-hydrogen) atoms. The molecule has 4 heteroatoms. The summed E-state index contributed by atoms with van der Waals surface area (Å²) in [5.74, 6) is 0. The third kappa shape index (κ3) is 5.75. The fraction of sp³-hybridized carbons (Fsp3) is 0.857. The summed E-state index contributed by atoms with van der Waals surface area (Å²) in [5.41, 5.74) is 0. The molecule has 0 amide bonds. The first-order valence-electron chi connectivity index (χ1n) is 3.62. The first kappa shape index (κ1) is 14.1. The Hall–Kier alpha value is 0.512. The number of nitrogens with zero attached hydrogens (tertiary/aromatic N) is 1. The van der Waals surface area contributed by atoms with Crippen molar-refractivity contribution >= 4 is 33.6 Å². The maximum absolute atomic E-state index is 9.96. The quantitative estimate of drug-likeness (QED) is 0.404. The molecule has 0 aromatic carbocycles. The average Bonchev–Trinajstić information content (AvgIpc) is 1.91. The number of hydrogen-bond acceptors (Lipinski definition) is 3. The molecular weight excluding hydrogens is 337 g/mol. The molecule has 3 nitrogen and oxygen atoms in total. The Labute approximate surface area is 87.9 Å². The second kappa shape index (κ2) is 8.61. The van der Waals surface area contributed by atoms with Crippen molar-refractivity contribution in [3.05, 3.63) is 0 Å². The molecule has 0 aromatic heterocycles. The topological polar surface area (TPSA) is 40.5 Å². The molecule has 0 spiro atoms. The van der Waals surface area contributed by atoms with Crippen LogP contribution in [-0.4, -0.2) is 62.9 Å². The molecule has 0 rings (SSSR count). The van der Waals surface area contributed by atoms with Gasteiger partial charge in [-0.3, -0.25) is 4.90 Å². The van der Waals surface area contributed by atoms with E-state index in [-0.39, 0.29) is 33.7 Å². The SMILES string of the molecule is CCN(CC)C(O)CC=O.[PbH2]. The van der Waals surface area contributed by atoms with Crippen LogP contribution in [0.3, 0.4) is 0 Å². The number of aliphatic hydroxyl groups is 1. The van der Waals surface area contributed by atoms with Crippen molar-refractivity contribution < 1.29 is 9.90 Å². The number of hydrogen-bond donors (Lipinski definition) is 1. The van der Waals surface area contributed by atoms with Gasteiger partial charge in [0.25, 0.3) is 0 Å². The first-order chi connectivity index (χ1) is 4.76. The fourth-order valence-electron chi connectivity index (χ4n) is 0.880. The number of carbonyl (C=O) groups is 1. The van der Waals surface area contributed by atoms with Gasteiger partial charge in [-0.25, -0.2) is 0 Å². The van der Waals surface area contributed by atoms with E-state index < -0.39 is 6.23 Å². The van der Waals surface area contributed by atoms with E-state index in [2.05, 4.69) is 0 Å². The minimum absolute atomic E-state index is 0. The normalized spacial score (nSPS) is 12.4. The number of carbonyl (C=O) groups excluding carboxylic acids is 1. The molecule has 0 aliphatic heterocycles. The molecule has 0 saturated carbocycles. The summed E-state index contributed by atoms with van der Waals surface area (Å²) in [5, 5.41) is 9.20. The van der Waals surface area contributed by atoms with Gasteiger partial charge in [-0.15, -0.1) is 0 Å². The van der Waals surface area contributed by atoms with Crippen LogP contribution in [-0.2, 0) is 4.79 Å². The molecular formula is C7H17NO2Pb. The Morgan fingerprint density at radius 1 is 1.45 bits per heavy atom. The maximum atomic E-state index is 9.96. The van der Waals surface area contributed by atoms with E-state index in [1.54, 1.807) is 0 Å². The average molecular weight is 354 g/mol. The van der Waals surface area contributed by atoms with Crippen LogP contribution in [0.25, 0.3) is 0 Å². The van der Waals surface area contributed by atoms with E-state index in [0.717, 1.165) is 19.4 Å². The number of aldehydes is 1. The van der Waals surface area contributed by atoms with Gasteiger partial charge in [-0.1, -0.05) is 13.8 Å². The molecule has 0 fully saturated rings.